The zero-order chi connectivity index (χ0) is 9.24. The van der Waals surface area contributed by atoms with E-state index in [0.717, 1.165) is 0 Å². The summed E-state index contributed by atoms with van der Waals surface area (Å²) in [6.45, 7) is 6.43. The molecule has 1 heterocycles. The quantitative estimate of drug-likeness (QED) is 0.624. The highest BCUT2D eigenvalue weighted by atomic mass is 35.5. The topological polar surface area (TPSA) is 18.5 Å². The number of hydrogen-bond donors (Lipinski definition) is 0. The largest absolute Gasteiger partial charge is 0.470 e. The number of ether oxygens (including phenoxy) is 2. The van der Waals surface area contributed by atoms with Crippen molar-refractivity contribution in [2.24, 2.45) is 0 Å². The first-order valence-corrected chi connectivity index (χ1v) is 4.54. The second-order valence-electron chi connectivity index (χ2n) is 3.44. The van der Waals surface area contributed by atoms with Gasteiger partial charge in [0.1, 0.15) is 0 Å². The number of alkyl halides is 1. The molecular weight excluding hydrogens is 176 g/mol. The monoisotopic (exact) mass is 190 g/mol. The van der Waals surface area contributed by atoms with Crippen LogP contribution in [0.25, 0.3) is 0 Å². The summed E-state index contributed by atoms with van der Waals surface area (Å²) in [5.41, 5.74) is 0. The van der Waals surface area contributed by atoms with Crippen LogP contribution >= 0.6 is 11.6 Å². The van der Waals surface area contributed by atoms with Crippen molar-refractivity contribution in [2.75, 3.05) is 6.61 Å². The Bertz CT molecular complexity index is 189. The van der Waals surface area contributed by atoms with E-state index in [9.17, 15) is 0 Å². The molecule has 0 bridgehead atoms. The third-order valence-corrected chi connectivity index (χ3v) is 2.11. The summed E-state index contributed by atoms with van der Waals surface area (Å²) in [5.74, 6) is -0.556. The van der Waals surface area contributed by atoms with E-state index in [4.69, 9.17) is 21.1 Å². The molecule has 0 saturated heterocycles. The van der Waals surface area contributed by atoms with Crippen LogP contribution < -0.4 is 0 Å². The van der Waals surface area contributed by atoms with Gasteiger partial charge in [-0.2, -0.15) is 0 Å². The molecule has 0 spiro atoms. The lowest BCUT2D eigenvalue weighted by atomic mass is 9.99. The third-order valence-electron chi connectivity index (χ3n) is 1.85. The molecule has 2 atom stereocenters. The normalized spacial score (nSPS) is 41.0. The lowest BCUT2D eigenvalue weighted by molar-refractivity contribution is -0.203. The molecule has 0 aromatic heterocycles. The molecule has 0 aliphatic carbocycles. The first-order chi connectivity index (χ1) is 5.47. The standard InChI is InChI=1S/C9H15ClO2/c1-4-11-9(3)7-8(2,10)5-6-12-9/h5-6H,4,7H2,1-3H3. The fourth-order valence-electron chi connectivity index (χ4n) is 1.44. The average molecular weight is 191 g/mol. The summed E-state index contributed by atoms with van der Waals surface area (Å²) >= 11 is 6.15. The van der Waals surface area contributed by atoms with E-state index >= 15 is 0 Å². The van der Waals surface area contributed by atoms with Gasteiger partial charge in [-0.3, -0.25) is 0 Å². The molecule has 2 unspecified atom stereocenters. The maximum absolute atomic E-state index is 6.15. The van der Waals surface area contributed by atoms with Crippen molar-refractivity contribution in [3.63, 3.8) is 0 Å². The molecule has 0 aromatic rings. The van der Waals surface area contributed by atoms with Crippen molar-refractivity contribution in [2.45, 2.75) is 37.9 Å². The molecule has 1 aliphatic rings. The lowest BCUT2D eigenvalue weighted by Gasteiger charge is -2.37. The second-order valence-corrected chi connectivity index (χ2v) is 4.31. The van der Waals surface area contributed by atoms with Gasteiger partial charge < -0.3 is 9.47 Å². The van der Waals surface area contributed by atoms with E-state index < -0.39 is 5.79 Å². The maximum Gasteiger partial charge on any atom is 0.208 e. The van der Waals surface area contributed by atoms with E-state index in [1.807, 2.05) is 26.8 Å². The molecule has 0 saturated carbocycles. The molecule has 0 amide bonds. The van der Waals surface area contributed by atoms with Crippen LogP contribution in [0.3, 0.4) is 0 Å². The van der Waals surface area contributed by atoms with Gasteiger partial charge in [0.2, 0.25) is 5.79 Å². The number of hydrogen-bond acceptors (Lipinski definition) is 2. The summed E-state index contributed by atoms with van der Waals surface area (Å²) in [4.78, 5) is -0.345. The van der Waals surface area contributed by atoms with Crippen LogP contribution in [0.5, 0.6) is 0 Å². The number of rotatable bonds is 2. The van der Waals surface area contributed by atoms with E-state index in [0.29, 0.717) is 13.0 Å². The molecule has 0 fully saturated rings. The van der Waals surface area contributed by atoms with E-state index in [-0.39, 0.29) is 4.87 Å². The van der Waals surface area contributed by atoms with Crippen molar-refractivity contribution in [3.05, 3.63) is 12.3 Å². The summed E-state index contributed by atoms with van der Waals surface area (Å²) in [6, 6.07) is 0. The van der Waals surface area contributed by atoms with E-state index in [1.54, 1.807) is 6.26 Å². The van der Waals surface area contributed by atoms with Crippen LogP contribution in [-0.2, 0) is 9.47 Å². The predicted octanol–water partition coefficient (Wildman–Crippen LogP) is 2.67. The van der Waals surface area contributed by atoms with Crippen LogP contribution in [0.15, 0.2) is 12.3 Å². The van der Waals surface area contributed by atoms with Gasteiger partial charge in [0.15, 0.2) is 0 Å². The highest BCUT2D eigenvalue weighted by molar-refractivity contribution is 6.25. The molecule has 0 aromatic carbocycles. The molecular formula is C9H15ClO2. The summed E-state index contributed by atoms with van der Waals surface area (Å²) in [7, 11) is 0. The zero-order valence-electron chi connectivity index (χ0n) is 7.76. The average Bonchev–Trinajstić information content (AvgIpc) is 1.83. The SMILES string of the molecule is CCOC1(C)CC(C)(Cl)C=CO1. The van der Waals surface area contributed by atoms with E-state index in [1.165, 1.54) is 0 Å². The van der Waals surface area contributed by atoms with Crippen LogP contribution in [0.4, 0.5) is 0 Å². The van der Waals surface area contributed by atoms with Gasteiger partial charge in [0.25, 0.3) is 0 Å². The zero-order valence-corrected chi connectivity index (χ0v) is 8.52. The molecule has 1 aliphatic heterocycles. The number of halogens is 1. The smallest absolute Gasteiger partial charge is 0.208 e. The van der Waals surface area contributed by atoms with Crippen LogP contribution in [0.1, 0.15) is 27.2 Å². The van der Waals surface area contributed by atoms with Gasteiger partial charge in [-0.15, -0.1) is 11.6 Å². The van der Waals surface area contributed by atoms with Crippen molar-refractivity contribution in [1.29, 1.82) is 0 Å². The minimum atomic E-state index is -0.556. The summed E-state index contributed by atoms with van der Waals surface area (Å²) in [5, 5.41) is 0. The first-order valence-electron chi connectivity index (χ1n) is 4.16. The third kappa shape index (κ3) is 2.39. The van der Waals surface area contributed by atoms with Crippen LogP contribution in [-0.4, -0.2) is 17.3 Å². The highest BCUT2D eigenvalue weighted by Crippen LogP contribution is 2.35. The molecule has 3 heteroatoms. The summed E-state index contributed by atoms with van der Waals surface area (Å²) < 4.78 is 10.8. The fraction of sp³-hybridized carbons (Fsp3) is 0.778. The Morgan fingerprint density at radius 2 is 2.25 bits per heavy atom. The molecule has 70 valence electrons. The van der Waals surface area contributed by atoms with Gasteiger partial charge in [-0.05, 0) is 19.9 Å². The highest BCUT2D eigenvalue weighted by Gasteiger charge is 2.37. The maximum atomic E-state index is 6.15. The molecule has 2 nitrogen and oxygen atoms in total. The van der Waals surface area contributed by atoms with Crippen molar-refractivity contribution >= 4 is 11.6 Å². The first kappa shape index (κ1) is 9.87. The van der Waals surface area contributed by atoms with E-state index in [2.05, 4.69) is 0 Å². The van der Waals surface area contributed by atoms with Gasteiger partial charge >= 0.3 is 0 Å². The minimum absolute atomic E-state index is 0.345. The Hall–Kier alpha value is -0.210. The summed E-state index contributed by atoms with van der Waals surface area (Å²) in [6.07, 6.45) is 4.13. The van der Waals surface area contributed by atoms with Crippen molar-refractivity contribution in [1.82, 2.24) is 0 Å². The predicted molar refractivity (Wildman–Crippen MR) is 49.1 cm³/mol. The van der Waals surface area contributed by atoms with Gasteiger partial charge in [0, 0.05) is 20.0 Å². The minimum Gasteiger partial charge on any atom is -0.470 e. The van der Waals surface area contributed by atoms with Crippen LogP contribution in [0.2, 0.25) is 0 Å². The molecule has 0 radical (unpaired) electrons. The molecule has 0 N–H and O–H groups in total. The fourth-order valence-corrected chi connectivity index (χ4v) is 1.73. The second kappa shape index (κ2) is 3.27. The molecule has 1 rings (SSSR count). The van der Waals surface area contributed by atoms with Crippen molar-refractivity contribution < 1.29 is 9.47 Å². The van der Waals surface area contributed by atoms with Gasteiger partial charge in [-0.25, -0.2) is 0 Å². The Kier molecular flexibility index (Phi) is 2.69. The Labute approximate surface area is 78.5 Å². The Balaban J connectivity index is 2.66. The molecule has 12 heavy (non-hydrogen) atoms. The van der Waals surface area contributed by atoms with Crippen molar-refractivity contribution in [3.8, 4) is 0 Å². The Morgan fingerprint density at radius 3 is 2.75 bits per heavy atom. The Morgan fingerprint density at radius 1 is 1.58 bits per heavy atom. The van der Waals surface area contributed by atoms with Gasteiger partial charge in [0.05, 0.1) is 11.1 Å². The van der Waals surface area contributed by atoms with Crippen LogP contribution in [0, 0.1) is 0 Å². The lowest BCUT2D eigenvalue weighted by Crippen LogP contribution is -2.40. The van der Waals surface area contributed by atoms with Gasteiger partial charge in [-0.1, -0.05) is 0 Å². The number of allylic oxidation sites excluding steroid dienone is 1.